The number of hydrogen-bond acceptors (Lipinski definition) is 2. The SMILES string of the molecule is O=C1c2ccccc2C(=Nc2ccccc2)N1c1ccccc1. The molecule has 1 amide bonds. The van der Waals surface area contributed by atoms with Gasteiger partial charge in [-0.25, -0.2) is 4.99 Å². The van der Waals surface area contributed by atoms with Crippen LogP contribution in [0, 0.1) is 0 Å². The van der Waals surface area contributed by atoms with E-state index >= 15 is 0 Å². The first-order chi connectivity index (χ1) is 11.3. The van der Waals surface area contributed by atoms with Crippen molar-refractivity contribution in [2.45, 2.75) is 0 Å². The molecule has 3 nitrogen and oxygen atoms in total. The largest absolute Gasteiger partial charge is 0.268 e. The van der Waals surface area contributed by atoms with Crippen molar-refractivity contribution in [3.05, 3.63) is 96.1 Å². The molecule has 0 saturated carbocycles. The van der Waals surface area contributed by atoms with Crippen LogP contribution in [-0.2, 0) is 0 Å². The maximum atomic E-state index is 12.8. The van der Waals surface area contributed by atoms with Crippen LogP contribution in [0.3, 0.4) is 0 Å². The number of benzene rings is 3. The average Bonchev–Trinajstić information content (AvgIpc) is 2.89. The van der Waals surface area contributed by atoms with Crippen LogP contribution in [0.4, 0.5) is 11.4 Å². The third kappa shape index (κ3) is 2.32. The van der Waals surface area contributed by atoms with Gasteiger partial charge in [0.05, 0.1) is 16.9 Å². The fourth-order valence-corrected chi connectivity index (χ4v) is 2.75. The van der Waals surface area contributed by atoms with Crippen molar-refractivity contribution in [1.29, 1.82) is 0 Å². The van der Waals surface area contributed by atoms with Crippen molar-refractivity contribution < 1.29 is 4.79 Å². The number of carbonyl (C=O) groups excluding carboxylic acids is 1. The number of carbonyl (C=O) groups is 1. The summed E-state index contributed by atoms with van der Waals surface area (Å²) >= 11 is 0. The second-order valence-corrected chi connectivity index (χ2v) is 5.29. The summed E-state index contributed by atoms with van der Waals surface area (Å²) in [6.07, 6.45) is 0. The second-order valence-electron chi connectivity index (χ2n) is 5.29. The van der Waals surface area contributed by atoms with Crippen LogP contribution >= 0.6 is 0 Å². The van der Waals surface area contributed by atoms with Gasteiger partial charge in [0, 0.05) is 5.56 Å². The van der Waals surface area contributed by atoms with Crippen molar-refractivity contribution in [3.63, 3.8) is 0 Å². The van der Waals surface area contributed by atoms with Gasteiger partial charge < -0.3 is 0 Å². The van der Waals surface area contributed by atoms with Gasteiger partial charge in [-0.1, -0.05) is 54.6 Å². The molecule has 3 heteroatoms. The lowest BCUT2D eigenvalue weighted by Gasteiger charge is -2.17. The lowest BCUT2D eigenvalue weighted by atomic mass is 10.1. The molecule has 0 N–H and O–H groups in total. The Hall–Kier alpha value is -3.20. The molecule has 0 unspecified atom stereocenters. The molecule has 0 fully saturated rings. The molecular formula is C20H14N2O. The summed E-state index contributed by atoms with van der Waals surface area (Å²) in [5.74, 6) is 0.629. The van der Waals surface area contributed by atoms with Gasteiger partial charge in [-0.15, -0.1) is 0 Å². The van der Waals surface area contributed by atoms with E-state index in [0.29, 0.717) is 11.4 Å². The van der Waals surface area contributed by atoms with Gasteiger partial charge >= 0.3 is 0 Å². The van der Waals surface area contributed by atoms with E-state index in [1.54, 1.807) is 4.90 Å². The zero-order valence-corrected chi connectivity index (χ0v) is 12.4. The average molecular weight is 298 g/mol. The van der Waals surface area contributed by atoms with Crippen LogP contribution in [0.15, 0.2) is 89.9 Å². The van der Waals surface area contributed by atoms with E-state index in [0.717, 1.165) is 16.9 Å². The van der Waals surface area contributed by atoms with E-state index in [9.17, 15) is 4.79 Å². The lowest BCUT2D eigenvalue weighted by molar-refractivity contribution is 0.101. The summed E-state index contributed by atoms with van der Waals surface area (Å²) in [6.45, 7) is 0. The molecule has 0 spiro atoms. The number of nitrogens with zero attached hydrogens (tertiary/aromatic N) is 2. The highest BCUT2D eigenvalue weighted by molar-refractivity contribution is 6.36. The Morgan fingerprint density at radius 3 is 1.91 bits per heavy atom. The van der Waals surface area contributed by atoms with E-state index in [2.05, 4.69) is 0 Å². The smallest absolute Gasteiger partial charge is 0.264 e. The molecule has 1 heterocycles. The maximum Gasteiger partial charge on any atom is 0.264 e. The van der Waals surface area contributed by atoms with Gasteiger partial charge in [0.25, 0.3) is 5.91 Å². The highest BCUT2D eigenvalue weighted by Gasteiger charge is 2.34. The van der Waals surface area contributed by atoms with E-state index in [1.165, 1.54) is 0 Å². The van der Waals surface area contributed by atoms with Crippen LogP contribution in [0.1, 0.15) is 15.9 Å². The molecule has 0 aliphatic carbocycles. The number of fused-ring (bicyclic) bond motifs is 1. The molecule has 23 heavy (non-hydrogen) atoms. The first-order valence-electron chi connectivity index (χ1n) is 7.47. The standard InChI is InChI=1S/C20H14N2O/c23-20-18-14-8-7-13-17(18)19(21-15-9-3-1-4-10-15)22(20)16-11-5-2-6-12-16/h1-14H. The van der Waals surface area contributed by atoms with Gasteiger partial charge in [-0.3, -0.25) is 9.69 Å². The summed E-state index contributed by atoms with van der Waals surface area (Å²) < 4.78 is 0. The predicted molar refractivity (Wildman–Crippen MR) is 92.3 cm³/mol. The summed E-state index contributed by atoms with van der Waals surface area (Å²) in [7, 11) is 0. The highest BCUT2D eigenvalue weighted by atomic mass is 16.2. The molecule has 1 aliphatic rings. The minimum Gasteiger partial charge on any atom is -0.268 e. The number of amides is 1. The zero-order chi connectivity index (χ0) is 15.6. The van der Waals surface area contributed by atoms with Crippen molar-refractivity contribution >= 4 is 23.1 Å². The number of aliphatic imine (C=N–C) groups is 1. The topological polar surface area (TPSA) is 32.7 Å². The van der Waals surface area contributed by atoms with Crippen molar-refractivity contribution in [1.82, 2.24) is 0 Å². The summed E-state index contributed by atoms with van der Waals surface area (Å²) in [4.78, 5) is 19.3. The molecule has 3 aromatic carbocycles. The number of rotatable bonds is 2. The monoisotopic (exact) mass is 298 g/mol. The molecule has 0 bridgehead atoms. The predicted octanol–water partition coefficient (Wildman–Crippen LogP) is 4.43. The molecule has 4 rings (SSSR count). The Balaban J connectivity index is 1.91. The molecule has 0 radical (unpaired) electrons. The van der Waals surface area contributed by atoms with E-state index in [-0.39, 0.29) is 5.91 Å². The molecule has 110 valence electrons. The van der Waals surface area contributed by atoms with Crippen molar-refractivity contribution in [2.24, 2.45) is 4.99 Å². The van der Waals surface area contributed by atoms with E-state index in [1.807, 2.05) is 84.9 Å². The van der Waals surface area contributed by atoms with Crippen LogP contribution in [-0.4, -0.2) is 11.7 Å². The second kappa shape index (κ2) is 5.54. The molecule has 1 aliphatic heterocycles. The Morgan fingerprint density at radius 2 is 1.22 bits per heavy atom. The minimum absolute atomic E-state index is 0.0403. The molecule has 0 saturated heterocycles. The minimum atomic E-state index is -0.0403. The summed E-state index contributed by atoms with van der Waals surface area (Å²) in [6, 6.07) is 26.9. The molecule has 3 aromatic rings. The van der Waals surface area contributed by atoms with Gasteiger partial charge in [-0.05, 0) is 30.3 Å². The summed E-state index contributed by atoms with van der Waals surface area (Å²) in [5.41, 5.74) is 3.20. The Bertz CT molecular complexity index is 886. The van der Waals surface area contributed by atoms with Crippen LogP contribution < -0.4 is 4.90 Å². The first-order valence-corrected chi connectivity index (χ1v) is 7.47. The fraction of sp³-hybridized carbons (Fsp3) is 0. The maximum absolute atomic E-state index is 12.8. The highest BCUT2D eigenvalue weighted by Crippen LogP contribution is 2.30. The molecule has 0 atom stereocenters. The number of hydrogen-bond donors (Lipinski definition) is 0. The normalized spacial score (nSPS) is 15.0. The third-order valence-corrected chi connectivity index (χ3v) is 3.82. The third-order valence-electron chi connectivity index (χ3n) is 3.82. The quantitative estimate of drug-likeness (QED) is 0.689. The Kier molecular flexibility index (Phi) is 3.24. The Labute approximate surface area is 134 Å². The van der Waals surface area contributed by atoms with Gasteiger partial charge in [-0.2, -0.15) is 0 Å². The molecular weight excluding hydrogens is 284 g/mol. The number of para-hydroxylation sites is 2. The van der Waals surface area contributed by atoms with Gasteiger partial charge in [0.2, 0.25) is 0 Å². The van der Waals surface area contributed by atoms with Crippen LogP contribution in [0.2, 0.25) is 0 Å². The van der Waals surface area contributed by atoms with Gasteiger partial charge in [0.1, 0.15) is 5.84 Å². The van der Waals surface area contributed by atoms with E-state index < -0.39 is 0 Å². The van der Waals surface area contributed by atoms with E-state index in [4.69, 9.17) is 4.99 Å². The molecule has 0 aromatic heterocycles. The fourth-order valence-electron chi connectivity index (χ4n) is 2.75. The summed E-state index contributed by atoms with van der Waals surface area (Å²) in [5, 5.41) is 0. The Morgan fingerprint density at radius 1 is 0.652 bits per heavy atom. The van der Waals surface area contributed by atoms with Crippen molar-refractivity contribution in [3.8, 4) is 0 Å². The van der Waals surface area contributed by atoms with Crippen molar-refractivity contribution in [2.75, 3.05) is 4.90 Å². The number of amidine groups is 1. The zero-order valence-electron chi connectivity index (χ0n) is 12.4. The van der Waals surface area contributed by atoms with Crippen LogP contribution in [0.5, 0.6) is 0 Å². The first kappa shape index (κ1) is 13.5. The van der Waals surface area contributed by atoms with Crippen LogP contribution in [0.25, 0.3) is 0 Å². The van der Waals surface area contributed by atoms with Gasteiger partial charge in [0.15, 0.2) is 0 Å². The lowest BCUT2D eigenvalue weighted by Crippen LogP contribution is -2.29. The number of anilines is 1.